The van der Waals surface area contributed by atoms with Crippen molar-refractivity contribution in [3.63, 3.8) is 0 Å². The van der Waals surface area contributed by atoms with Crippen molar-refractivity contribution >= 4 is 26.4 Å². The number of carbonyl (C=O) groups excluding carboxylic acids is 1. The Hall–Kier alpha value is 0.400. The summed E-state index contributed by atoms with van der Waals surface area (Å²) in [6.45, 7) is 2.23. The minimum atomic E-state index is 0.307. The van der Waals surface area contributed by atoms with Crippen molar-refractivity contribution in [3.05, 3.63) is 0 Å². The van der Waals surface area contributed by atoms with Crippen LogP contribution in [0.1, 0.15) is 58.3 Å². The average Bonchev–Trinajstić information content (AvgIpc) is 2.02. The van der Waals surface area contributed by atoms with Gasteiger partial charge >= 0.3 is 0 Å². The summed E-state index contributed by atoms with van der Waals surface area (Å²) in [5.41, 5.74) is 0. The van der Waals surface area contributed by atoms with Crippen LogP contribution in [0.2, 0.25) is 0 Å². The number of hydrogen-bond donors (Lipinski definition) is 0. The van der Waals surface area contributed by atoms with Crippen molar-refractivity contribution in [2.75, 3.05) is 0 Å². The Morgan fingerprint density at radius 2 is 1.50 bits per heavy atom. The Bertz CT molecular complexity index is 112. The van der Waals surface area contributed by atoms with Gasteiger partial charge in [-0.05, 0) is 29.0 Å². The zero-order chi connectivity index (χ0) is 9.23. The Kier molecular flexibility index (Phi) is 9.80. The lowest BCUT2D eigenvalue weighted by atomic mass is 10.1. The molecule has 0 aliphatic carbocycles. The van der Waals surface area contributed by atoms with Crippen LogP contribution in [0.3, 0.4) is 0 Å². The van der Waals surface area contributed by atoms with Crippen LogP contribution in [0.4, 0.5) is 0 Å². The molecular weight excluding hydrogens is 263 g/mol. The van der Waals surface area contributed by atoms with Crippen molar-refractivity contribution in [1.82, 2.24) is 0 Å². The van der Waals surface area contributed by atoms with Gasteiger partial charge < -0.3 is 0 Å². The van der Waals surface area contributed by atoms with Gasteiger partial charge in [-0.3, -0.25) is 4.79 Å². The molecule has 0 saturated heterocycles. The third-order valence-electron chi connectivity index (χ3n) is 1.98. The molecule has 0 amide bonds. The second-order valence-corrected chi connectivity index (χ2v) is 4.43. The first-order chi connectivity index (χ1) is 5.77. The van der Waals surface area contributed by atoms with Crippen molar-refractivity contribution in [2.24, 2.45) is 0 Å². The molecule has 2 heteroatoms. The van der Waals surface area contributed by atoms with E-state index in [2.05, 4.69) is 6.92 Å². The highest BCUT2D eigenvalue weighted by Crippen LogP contribution is 2.09. The average molecular weight is 282 g/mol. The normalized spacial score (nSPS) is 10.2. The summed E-state index contributed by atoms with van der Waals surface area (Å²) in [5, 5.41) is 0. The smallest absolute Gasteiger partial charge is 0.192 e. The fraction of sp³-hybridized carbons (Fsp3) is 0.900. The van der Waals surface area contributed by atoms with Crippen molar-refractivity contribution in [3.8, 4) is 0 Å². The summed E-state index contributed by atoms with van der Waals surface area (Å²) in [6.07, 6.45) is 9.81. The quantitative estimate of drug-likeness (QED) is 0.372. The van der Waals surface area contributed by atoms with Gasteiger partial charge in [-0.1, -0.05) is 45.4 Å². The maximum Gasteiger partial charge on any atom is 0.192 e. The molecule has 0 bridgehead atoms. The molecule has 0 aliphatic heterocycles. The van der Waals surface area contributed by atoms with Crippen LogP contribution in [0.5, 0.6) is 0 Å². The highest BCUT2D eigenvalue weighted by Gasteiger charge is 1.94. The summed E-state index contributed by atoms with van der Waals surface area (Å²) in [6, 6.07) is 0. The fourth-order valence-electron chi connectivity index (χ4n) is 1.22. The molecule has 72 valence electrons. The first-order valence-electron chi connectivity index (χ1n) is 4.95. The van der Waals surface area contributed by atoms with Gasteiger partial charge in [-0.25, -0.2) is 0 Å². The largest absolute Gasteiger partial charge is 0.288 e. The minimum absolute atomic E-state index is 0.307. The molecule has 0 heterocycles. The topological polar surface area (TPSA) is 17.1 Å². The number of carbonyl (C=O) groups is 1. The summed E-state index contributed by atoms with van der Waals surface area (Å²) in [5.74, 6) is 0. The van der Waals surface area contributed by atoms with Crippen molar-refractivity contribution in [2.45, 2.75) is 58.3 Å². The predicted molar refractivity (Wildman–Crippen MR) is 61.6 cm³/mol. The molecule has 12 heavy (non-hydrogen) atoms. The lowest BCUT2D eigenvalue weighted by Crippen LogP contribution is -1.85. The van der Waals surface area contributed by atoms with Crippen molar-refractivity contribution in [1.29, 1.82) is 0 Å². The van der Waals surface area contributed by atoms with E-state index in [9.17, 15) is 4.79 Å². The van der Waals surface area contributed by atoms with Crippen LogP contribution < -0.4 is 0 Å². The second-order valence-electron chi connectivity index (χ2n) is 3.23. The van der Waals surface area contributed by atoms with Gasteiger partial charge in [0.1, 0.15) is 0 Å². The molecule has 0 saturated carbocycles. The first kappa shape index (κ1) is 12.4. The third-order valence-corrected chi connectivity index (χ3v) is 2.52. The van der Waals surface area contributed by atoms with Crippen LogP contribution in [0, 0.1) is 0 Å². The van der Waals surface area contributed by atoms with E-state index in [4.69, 9.17) is 0 Å². The van der Waals surface area contributed by atoms with Gasteiger partial charge in [0, 0.05) is 6.42 Å². The Labute approximate surface area is 89.4 Å². The molecule has 0 atom stereocenters. The highest BCUT2D eigenvalue weighted by molar-refractivity contribution is 14.1. The van der Waals surface area contributed by atoms with Crippen LogP contribution in [-0.4, -0.2) is 3.79 Å². The van der Waals surface area contributed by atoms with E-state index in [1.807, 2.05) is 22.6 Å². The van der Waals surface area contributed by atoms with Gasteiger partial charge in [0.25, 0.3) is 0 Å². The summed E-state index contributed by atoms with van der Waals surface area (Å²) in [4.78, 5) is 10.6. The fourth-order valence-corrected chi connectivity index (χ4v) is 1.60. The lowest BCUT2D eigenvalue weighted by molar-refractivity contribution is -0.109. The van der Waals surface area contributed by atoms with E-state index in [0.29, 0.717) is 3.79 Å². The molecule has 0 aliphatic rings. The number of rotatable bonds is 8. The first-order valence-corrected chi connectivity index (χ1v) is 6.03. The van der Waals surface area contributed by atoms with Crippen molar-refractivity contribution < 1.29 is 4.79 Å². The van der Waals surface area contributed by atoms with E-state index < -0.39 is 0 Å². The maximum atomic E-state index is 10.6. The van der Waals surface area contributed by atoms with E-state index >= 15 is 0 Å². The van der Waals surface area contributed by atoms with Gasteiger partial charge in [-0.15, -0.1) is 0 Å². The molecule has 0 unspecified atom stereocenters. The van der Waals surface area contributed by atoms with E-state index in [-0.39, 0.29) is 0 Å². The van der Waals surface area contributed by atoms with Crippen LogP contribution >= 0.6 is 22.6 Å². The Balaban J connectivity index is 2.86. The Morgan fingerprint density at radius 1 is 1.00 bits per heavy atom. The second kappa shape index (κ2) is 9.49. The van der Waals surface area contributed by atoms with E-state index in [0.717, 1.165) is 12.8 Å². The molecule has 1 nitrogen and oxygen atoms in total. The van der Waals surface area contributed by atoms with Crippen LogP contribution in [0.25, 0.3) is 0 Å². The van der Waals surface area contributed by atoms with Gasteiger partial charge in [0.15, 0.2) is 3.79 Å². The Morgan fingerprint density at radius 3 is 2.00 bits per heavy atom. The standard InChI is InChI=1S/C10H19IO/c1-2-3-4-5-6-7-8-9-10(11)12/h2-9H2,1H3. The molecule has 0 aromatic heterocycles. The van der Waals surface area contributed by atoms with Gasteiger partial charge in [0.2, 0.25) is 0 Å². The zero-order valence-corrected chi connectivity index (χ0v) is 10.1. The van der Waals surface area contributed by atoms with Gasteiger partial charge in [0.05, 0.1) is 0 Å². The molecule has 0 N–H and O–H groups in total. The molecule has 0 rings (SSSR count). The number of unbranched alkanes of at least 4 members (excludes halogenated alkanes) is 6. The zero-order valence-electron chi connectivity index (χ0n) is 7.94. The molecule has 0 aromatic carbocycles. The van der Waals surface area contributed by atoms with Crippen LogP contribution in [0.15, 0.2) is 0 Å². The third kappa shape index (κ3) is 10.4. The van der Waals surface area contributed by atoms with E-state index in [1.165, 1.54) is 38.5 Å². The van der Waals surface area contributed by atoms with E-state index in [1.54, 1.807) is 0 Å². The number of hydrogen-bond acceptors (Lipinski definition) is 1. The molecule has 0 aromatic rings. The monoisotopic (exact) mass is 282 g/mol. The molecule has 0 spiro atoms. The number of halogens is 1. The highest BCUT2D eigenvalue weighted by atomic mass is 127. The summed E-state index contributed by atoms with van der Waals surface area (Å²) in [7, 11) is 0. The predicted octanol–water partition coefficient (Wildman–Crippen LogP) is 4.09. The molecule has 0 fully saturated rings. The summed E-state index contributed by atoms with van der Waals surface area (Å²) < 4.78 is 0.307. The molecule has 0 radical (unpaired) electrons. The van der Waals surface area contributed by atoms with Gasteiger partial charge in [-0.2, -0.15) is 0 Å². The SMILES string of the molecule is CCCCCCCCCC(=O)I. The molecular formula is C10H19IO. The minimum Gasteiger partial charge on any atom is -0.288 e. The maximum absolute atomic E-state index is 10.6. The van der Waals surface area contributed by atoms with Crippen LogP contribution in [-0.2, 0) is 4.79 Å². The lowest BCUT2D eigenvalue weighted by Gasteiger charge is -1.98. The summed E-state index contributed by atoms with van der Waals surface area (Å²) >= 11 is 1.88.